The average molecular weight is 537 g/mol. The molecule has 2 aromatic carbocycles. The van der Waals surface area contributed by atoms with Gasteiger partial charge in [-0.05, 0) is 43.7 Å². The van der Waals surface area contributed by atoms with E-state index in [1.165, 1.54) is 22.7 Å². The average Bonchev–Trinajstić information content (AvgIpc) is 3.50. The van der Waals surface area contributed by atoms with Crippen LogP contribution in [-0.4, -0.2) is 45.8 Å². The van der Waals surface area contributed by atoms with Crippen LogP contribution < -0.4 is 4.90 Å². The van der Waals surface area contributed by atoms with Gasteiger partial charge in [0.25, 0.3) is 5.91 Å². The lowest BCUT2D eigenvalue weighted by Gasteiger charge is -2.39. The molecule has 0 N–H and O–H groups in total. The number of halogens is 1. The predicted octanol–water partition coefficient (Wildman–Crippen LogP) is 5.81. The van der Waals surface area contributed by atoms with Crippen molar-refractivity contribution in [2.45, 2.75) is 26.3 Å². The Labute approximate surface area is 211 Å². The normalized spacial score (nSPS) is 16.1. The van der Waals surface area contributed by atoms with Crippen molar-refractivity contribution >= 4 is 38.5 Å². The zero-order valence-electron chi connectivity index (χ0n) is 19.1. The molecule has 174 valence electrons. The highest BCUT2D eigenvalue weighted by Gasteiger charge is 2.30. The van der Waals surface area contributed by atoms with Crippen molar-refractivity contribution < 1.29 is 9.21 Å². The molecule has 1 aliphatic rings. The highest BCUT2D eigenvalue weighted by Crippen LogP contribution is 2.27. The minimum Gasteiger partial charge on any atom is -0.451 e. The van der Waals surface area contributed by atoms with E-state index >= 15 is 0 Å². The Morgan fingerprint density at radius 3 is 2.74 bits per heavy atom. The Hall–Kier alpha value is -2.97. The van der Waals surface area contributed by atoms with Gasteiger partial charge in [-0.25, -0.2) is 4.98 Å². The van der Waals surface area contributed by atoms with E-state index in [0.717, 1.165) is 27.4 Å². The van der Waals surface area contributed by atoms with E-state index < -0.39 is 0 Å². The number of carbonyl (C=O) groups excluding carboxylic acids is 1. The molecule has 1 atom stereocenters. The Balaban J connectivity index is 1.22. The Morgan fingerprint density at radius 1 is 1.15 bits per heavy atom. The van der Waals surface area contributed by atoms with Gasteiger partial charge in [0, 0.05) is 53.7 Å². The maximum atomic E-state index is 13.1. The largest absolute Gasteiger partial charge is 0.451 e. The van der Waals surface area contributed by atoms with E-state index in [0.29, 0.717) is 31.2 Å². The number of hydrogen-bond donors (Lipinski definition) is 0. The summed E-state index contributed by atoms with van der Waals surface area (Å²) in [5, 5.41) is 0.914. The van der Waals surface area contributed by atoms with Gasteiger partial charge in [-0.1, -0.05) is 57.9 Å². The molecule has 1 saturated heterocycles. The first-order chi connectivity index (χ1) is 16.5. The van der Waals surface area contributed by atoms with E-state index in [1.54, 1.807) is 6.07 Å². The number of benzene rings is 2. The molecule has 2 aromatic heterocycles. The second-order valence-electron chi connectivity index (χ2n) is 8.62. The molecule has 1 fully saturated rings. The van der Waals surface area contributed by atoms with Crippen LogP contribution in [0.25, 0.3) is 11.3 Å². The molecule has 4 aromatic rings. The summed E-state index contributed by atoms with van der Waals surface area (Å²) in [5.74, 6) is 1.81. The quantitative estimate of drug-likeness (QED) is 0.322. The SMILES string of the molecule is Cc1ccc(Cc2nsc(N3CCN(C(=O)c4ccc(-c5cccc(Br)c5)o4)CC3C)n2)cc1. The molecule has 0 spiro atoms. The molecule has 1 aliphatic heterocycles. The number of aryl methyl sites for hydroxylation is 1. The Kier molecular flexibility index (Phi) is 6.52. The first-order valence-corrected chi connectivity index (χ1v) is 12.8. The molecular weight excluding hydrogens is 512 g/mol. The summed E-state index contributed by atoms with van der Waals surface area (Å²) in [6.07, 6.45) is 0.725. The highest BCUT2D eigenvalue weighted by atomic mass is 79.9. The van der Waals surface area contributed by atoms with Gasteiger partial charge in [0.05, 0.1) is 0 Å². The van der Waals surface area contributed by atoms with Gasteiger partial charge in [0.1, 0.15) is 11.6 Å². The molecule has 0 aliphatic carbocycles. The van der Waals surface area contributed by atoms with Crippen LogP contribution in [0.2, 0.25) is 0 Å². The summed E-state index contributed by atoms with van der Waals surface area (Å²) in [6.45, 7) is 6.14. The molecule has 34 heavy (non-hydrogen) atoms. The van der Waals surface area contributed by atoms with E-state index in [1.807, 2.05) is 35.2 Å². The van der Waals surface area contributed by atoms with Crippen LogP contribution in [0.3, 0.4) is 0 Å². The van der Waals surface area contributed by atoms with Crippen LogP contribution in [0.5, 0.6) is 0 Å². The predicted molar refractivity (Wildman–Crippen MR) is 138 cm³/mol. The fourth-order valence-electron chi connectivity index (χ4n) is 4.15. The van der Waals surface area contributed by atoms with Gasteiger partial charge in [-0.2, -0.15) is 4.37 Å². The smallest absolute Gasteiger partial charge is 0.289 e. The molecule has 1 unspecified atom stereocenters. The third-order valence-corrected chi connectivity index (χ3v) is 7.31. The Morgan fingerprint density at radius 2 is 1.97 bits per heavy atom. The summed E-state index contributed by atoms with van der Waals surface area (Å²) >= 11 is 4.91. The molecule has 8 heteroatoms. The van der Waals surface area contributed by atoms with Crippen molar-refractivity contribution in [3.63, 3.8) is 0 Å². The van der Waals surface area contributed by atoms with Gasteiger partial charge < -0.3 is 14.2 Å². The number of carbonyl (C=O) groups is 1. The van der Waals surface area contributed by atoms with Crippen molar-refractivity contribution in [2.24, 2.45) is 0 Å². The molecule has 0 radical (unpaired) electrons. The summed E-state index contributed by atoms with van der Waals surface area (Å²) in [5.41, 5.74) is 3.39. The standard InChI is InChI=1S/C26H25BrN4O2S/c1-17-6-8-19(9-7-17)14-24-28-26(34-29-24)31-13-12-30(16-18(31)2)25(32)23-11-10-22(33-23)20-4-3-5-21(27)15-20/h3-11,15,18H,12-14,16H2,1-2H3. The summed E-state index contributed by atoms with van der Waals surface area (Å²) < 4.78 is 11.5. The molecule has 0 saturated carbocycles. The second kappa shape index (κ2) is 9.72. The fourth-order valence-corrected chi connectivity index (χ4v) is 5.37. The van der Waals surface area contributed by atoms with Gasteiger partial charge in [0.2, 0.25) is 5.13 Å². The van der Waals surface area contributed by atoms with Crippen molar-refractivity contribution in [1.29, 1.82) is 0 Å². The van der Waals surface area contributed by atoms with Crippen molar-refractivity contribution in [1.82, 2.24) is 14.3 Å². The lowest BCUT2D eigenvalue weighted by Crippen LogP contribution is -2.53. The van der Waals surface area contributed by atoms with Gasteiger partial charge in [-0.15, -0.1) is 0 Å². The van der Waals surface area contributed by atoms with Crippen LogP contribution in [-0.2, 0) is 6.42 Å². The van der Waals surface area contributed by atoms with Crippen molar-refractivity contribution in [3.8, 4) is 11.3 Å². The maximum Gasteiger partial charge on any atom is 0.289 e. The monoisotopic (exact) mass is 536 g/mol. The molecule has 0 bridgehead atoms. The van der Waals surface area contributed by atoms with E-state index in [-0.39, 0.29) is 11.9 Å². The maximum absolute atomic E-state index is 13.1. The van der Waals surface area contributed by atoms with Crippen LogP contribution in [0.1, 0.15) is 34.4 Å². The Bertz CT molecular complexity index is 1300. The van der Waals surface area contributed by atoms with E-state index in [2.05, 4.69) is 63.3 Å². The number of hydrogen-bond acceptors (Lipinski definition) is 6. The third-order valence-electron chi connectivity index (χ3n) is 6.03. The van der Waals surface area contributed by atoms with Crippen LogP contribution >= 0.6 is 27.5 Å². The van der Waals surface area contributed by atoms with Crippen molar-refractivity contribution in [2.75, 3.05) is 24.5 Å². The summed E-state index contributed by atoms with van der Waals surface area (Å²) in [6, 6.07) is 20.1. The highest BCUT2D eigenvalue weighted by molar-refractivity contribution is 9.10. The van der Waals surface area contributed by atoms with E-state index in [4.69, 9.17) is 9.40 Å². The zero-order valence-corrected chi connectivity index (χ0v) is 21.5. The van der Waals surface area contributed by atoms with Gasteiger partial charge in [0.15, 0.2) is 5.76 Å². The topological polar surface area (TPSA) is 62.5 Å². The lowest BCUT2D eigenvalue weighted by molar-refractivity contribution is 0.0695. The number of piperazine rings is 1. The third kappa shape index (κ3) is 4.93. The number of nitrogens with zero attached hydrogens (tertiary/aromatic N) is 4. The molecule has 6 nitrogen and oxygen atoms in total. The van der Waals surface area contributed by atoms with Gasteiger partial charge >= 0.3 is 0 Å². The second-order valence-corrected chi connectivity index (χ2v) is 10.3. The number of aromatic nitrogens is 2. The lowest BCUT2D eigenvalue weighted by atomic mass is 10.1. The van der Waals surface area contributed by atoms with E-state index in [9.17, 15) is 4.79 Å². The number of rotatable bonds is 5. The van der Waals surface area contributed by atoms with Crippen LogP contribution in [0.4, 0.5) is 5.13 Å². The minimum absolute atomic E-state index is 0.0786. The molecule has 1 amide bonds. The van der Waals surface area contributed by atoms with Crippen molar-refractivity contribution in [3.05, 3.63) is 87.8 Å². The van der Waals surface area contributed by atoms with Crippen LogP contribution in [0.15, 0.2) is 69.6 Å². The van der Waals surface area contributed by atoms with Crippen LogP contribution in [0, 0.1) is 6.92 Å². The zero-order chi connectivity index (χ0) is 23.7. The summed E-state index contributed by atoms with van der Waals surface area (Å²) in [4.78, 5) is 22.0. The molecular formula is C26H25BrN4O2S. The minimum atomic E-state index is -0.0786. The fraction of sp³-hybridized carbons (Fsp3) is 0.269. The summed E-state index contributed by atoms with van der Waals surface area (Å²) in [7, 11) is 0. The first kappa shape index (κ1) is 22.8. The number of anilines is 1. The molecule has 3 heterocycles. The molecule has 5 rings (SSSR count). The van der Waals surface area contributed by atoms with Gasteiger partial charge in [-0.3, -0.25) is 4.79 Å². The number of furan rings is 1. The number of amides is 1. The first-order valence-electron chi connectivity index (χ1n) is 11.3.